The van der Waals surface area contributed by atoms with Gasteiger partial charge in [0.05, 0.1) is 5.88 Å². The highest BCUT2D eigenvalue weighted by Crippen LogP contribution is 2.30. The van der Waals surface area contributed by atoms with Crippen LogP contribution in [0.3, 0.4) is 0 Å². The van der Waals surface area contributed by atoms with Crippen molar-refractivity contribution in [3.63, 3.8) is 0 Å². The lowest BCUT2D eigenvalue weighted by Gasteiger charge is -2.25. The van der Waals surface area contributed by atoms with E-state index in [2.05, 4.69) is 15.5 Å². The second kappa shape index (κ2) is 7.33. The average molecular weight is 337 g/mol. The molecule has 126 valence electrons. The summed E-state index contributed by atoms with van der Waals surface area (Å²) >= 11 is 1.66. The average Bonchev–Trinajstić information content (AvgIpc) is 3.28. The molecule has 1 aromatic rings. The minimum absolute atomic E-state index is 0.0490. The normalized spacial score (nSPS) is 21.8. The van der Waals surface area contributed by atoms with Gasteiger partial charge >= 0.3 is 0 Å². The van der Waals surface area contributed by atoms with Crippen LogP contribution in [-0.4, -0.2) is 55.7 Å². The molecule has 2 heterocycles. The van der Waals surface area contributed by atoms with E-state index in [1.54, 1.807) is 23.0 Å². The van der Waals surface area contributed by atoms with Gasteiger partial charge in [-0.3, -0.25) is 9.59 Å². The minimum atomic E-state index is -0.324. The maximum atomic E-state index is 12.6. The first-order valence-electron chi connectivity index (χ1n) is 8.17. The van der Waals surface area contributed by atoms with Crippen molar-refractivity contribution >= 4 is 23.6 Å². The molecule has 0 aromatic carbocycles. The van der Waals surface area contributed by atoms with E-state index in [1.807, 2.05) is 11.5 Å². The van der Waals surface area contributed by atoms with Crippen LogP contribution < -0.4 is 5.32 Å². The first-order valence-corrected chi connectivity index (χ1v) is 9.32. The zero-order chi connectivity index (χ0) is 16.2. The zero-order valence-corrected chi connectivity index (χ0v) is 14.2. The third-order valence-corrected chi connectivity index (χ3v) is 5.65. The SMILES string of the molecule is Cc1nncn1CCNC(=O)[C@H]1CSCN1C(=O)C1CCCC1. The summed E-state index contributed by atoms with van der Waals surface area (Å²) in [7, 11) is 0. The molecule has 2 aliphatic rings. The van der Waals surface area contributed by atoms with Crippen LogP contribution in [0.5, 0.6) is 0 Å². The van der Waals surface area contributed by atoms with Crippen molar-refractivity contribution in [1.82, 2.24) is 25.0 Å². The fourth-order valence-electron chi connectivity index (χ4n) is 3.23. The Bertz CT molecular complexity index is 570. The number of aromatic nitrogens is 3. The lowest BCUT2D eigenvalue weighted by atomic mass is 10.1. The van der Waals surface area contributed by atoms with E-state index < -0.39 is 0 Å². The molecule has 3 rings (SSSR count). The van der Waals surface area contributed by atoms with E-state index in [4.69, 9.17) is 0 Å². The van der Waals surface area contributed by atoms with Gasteiger partial charge in [0, 0.05) is 24.8 Å². The molecule has 1 aromatic heterocycles. The van der Waals surface area contributed by atoms with Crippen LogP contribution in [0.15, 0.2) is 6.33 Å². The third kappa shape index (κ3) is 3.68. The van der Waals surface area contributed by atoms with E-state index in [-0.39, 0.29) is 23.8 Å². The van der Waals surface area contributed by atoms with Crippen molar-refractivity contribution in [1.29, 1.82) is 0 Å². The molecular formula is C15H23N5O2S. The van der Waals surface area contributed by atoms with Crippen molar-refractivity contribution in [2.24, 2.45) is 5.92 Å². The highest BCUT2D eigenvalue weighted by atomic mass is 32.2. The number of nitrogens with one attached hydrogen (secondary N) is 1. The lowest BCUT2D eigenvalue weighted by Crippen LogP contribution is -2.49. The van der Waals surface area contributed by atoms with Gasteiger partial charge in [-0.05, 0) is 19.8 Å². The first kappa shape index (κ1) is 16.3. The smallest absolute Gasteiger partial charge is 0.243 e. The van der Waals surface area contributed by atoms with Crippen molar-refractivity contribution < 1.29 is 9.59 Å². The number of nitrogens with zero attached hydrogens (tertiary/aromatic N) is 4. The number of thioether (sulfide) groups is 1. The molecule has 1 aliphatic carbocycles. The summed E-state index contributed by atoms with van der Waals surface area (Å²) in [5.74, 6) is 2.40. The molecule has 1 N–H and O–H groups in total. The number of hydrogen-bond acceptors (Lipinski definition) is 5. The number of carbonyl (C=O) groups excluding carboxylic acids is 2. The Labute approximate surface area is 140 Å². The standard InChI is InChI=1S/C15H23N5O2S/c1-11-18-17-9-19(11)7-6-16-14(21)13-8-23-10-20(13)15(22)12-4-2-3-5-12/h9,12-13H,2-8,10H2,1H3,(H,16,21)/t13-/m1/s1. The van der Waals surface area contributed by atoms with Crippen LogP contribution in [0.25, 0.3) is 0 Å². The fraction of sp³-hybridized carbons (Fsp3) is 0.733. The number of amides is 2. The third-order valence-electron chi connectivity index (χ3n) is 4.63. The molecule has 2 amide bonds. The quantitative estimate of drug-likeness (QED) is 0.859. The van der Waals surface area contributed by atoms with E-state index in [0.717, 1.165) is 31.5 Å². The van der Waals surface area contributed by atoms with Gasteiger partial charge in [0.2, 0.25) is 11.8 Å². The summed E-state index contributed by atoms with van der Waals surface area (Å²) in [4.78, 5) is 26.8. The summed E-state index contributed by atoms with van der Waals surface area (Å²) in [6.07, 6.45) is 5.87. The van der Waals surface area contributed by atoms with Crippen LogP contribution in [0.4, 0.5) is 0 Å². The molecule has 1 saturated carbocycles. The van der Waals surface area contributed by atoms with E-state index in [1.165, 1.54) is 0 Å². The number of carbonyl (C=O) groups is 2. The summed E-state index contributed by atoms with van der Waals surface area (Å²) in [5.41, 5.74) is 0. The van der Waals surface area contributed by atoms with Gasteiger partial charge in [-0.25, -0.2) is 0 Å². The van der Waals surface area contributed by atoms with Gasteiger partial charge < -0.3 is 14.8 Å². The molecule has 2 fully saturated rings. The van der Waals surface area contributed by atoms with Crippen molar-refractivity contribution in [3.05, 3.63) is 12.2 Å². The van der Waals surface area contributed by atoms with Gasteiger partial charge in [0.15, 0.2) is 0 Å². The molecule has 0 radical (unpaired) electrons. The first-order chi connectivity index (χ1) is 11.2. The Kier molecular flexibility index (Phi) is 5.20. The van der Waals surface area contributed by atoms with Crippen LogP contribution >= 0.6 is 11.8 Å². The Morgan fingerprint density at radius 3 is 2.87 bits per heavy atom. The topological polar surface area (TPSA) is 80.1 Å². The van der Waals surface area contributed by atoms with Crippen LogP contribution in [0, 0.1) is 12.8 Å². The van der Waals surface area contributed by atoms with E-state index >= 15 is 0 Å². The Morgan fingerprint density at radius 1 is 1.39 bits per heavy atom. The van der Waals surface area contributed by atoms with Crippen LogP contribution in [-0.2, 0) is 16.1 Å². The summed E-state index contributed by atoms with van der Waals surface area (Å²) in [6, 6.07) is -0.324. The highest BCUT2D eigenvalue weighted by molar-refractivity contribution is 7.99. The Balaban J connectivity index is 1.51. The fourth-order valence-corrected chi connectivity index (χ4v) is 4.40. The molecule has 0 spiro atoms. The number of rotatable bonds is 5. The molecule has 1 aliphatic heterocycles. The van der Waals surface area contributed by atoms with Crippen LogP contribution in [0.2, 0.25) is 0 Å². The monoisotopic (exact) mass is 337 g/mol. The molecule has 7 nitrogen and oxygen atoms in total. The van der Waals surface area contributed by atoms with Gasteiger partial charge in [-0.15, -0.1) is 22.0 Å². The maximum absolute atomic E-state index is 12.6. The Hall–Kier alpha value is -1.57. The van der Waals surface area contributed by atoms with Gasteiger partial charge in [0.1, 0.15) is 18.2 Å². The molecule has 8 heteroatoms. The van der Waals surface area contributed by atoms with Gasteiger partial charge in [-0.2, -0.15) is 0 Å². The molecule has 1 saturated heterocycles. The number of hydrogen-bond donors (Lipinski definition) is 1. The van der Waals surface area contributed by atoms with Crippen molar-refractivity contribution in [2.45, 2.75) is 45.2 Å². The summed E-state index contributed by atoms with van der Waals surface area (Å²) in [6.45, 7) is 3.04. The Morgan fingerprint density at radius 2 is 2.17 bits per heavy atom. The van der Waals surface area contributed by atoms with Crippen molar-refractivity contribution in [3.8, 4) is 0 Å². The van der Waals surface area contributed by atoms with Crippen molar-refractivity contribution in [2.75, 3.05) is 18.2 Å². The molecule has 23 heavy (non-hydrogen) atoms. The molecule has 0 bridgehead atoms. The minimum Gasteiger partial charge on any atom is -0.352 e. The molecule has 0 unspecified atom stereocenters. The maximum Gasteiger partial charge on any atom is 0.243 e. The van der Waals surface area contributed by atoms with E-state index in [0.29, 0.717) is 24.7 Å². The van der Waals surface area contributed by atoms with Gasteiger partial charge in [-0.1, -0.05) is 12.8 Å². The zero-order valence-electron chi connectivity index (χ0n) is 13.4. The summed E-state index contributed by atoms with van der Waals surface area (Å²) < 4.78 is 1.89. The van der Waals surface area contributed by atoms with Gasteiger partial charge in [0.25, 0.3) is 0 Å². The number of aryl methyl sites for hydroxylation is 1. The second-order valence-corrected chi connectivity index (χ2v) is 7.17. The predicted molar refractivity (Wildman–Crippen MR) is 87.7 cm³/mol. The second-order valence-electron chi connectivity index (χ2n) is 6.17. The lowest BCUT2D eigenvalue weighted by molar-refractivity contribution is -0.141. The highest BCUT2D eigenvalue weighted by Gasteiger charge is 2.38. The predicted octanol–water partition coefficient (Wildman–Crippen LogP) is 0.794. The largest absolute Gasteiger partial charge is 0.352 e. The molecular weight excluding hydrogens is 314 g/mol. The van der Waals surface area contributed by atoms with E-state index in [9.17, 15) is 9.59 Å². The van der Waals surface area contributed by atoms with Crippen LogP contribution in [0.1, 0.15) is 31.5 Å². The molecule has 1 atom stereocenters. The summed E-state index contributed by atoms with van der Waals surface area (Å²) in [5, 5.41) is 10.7.